The van der Waals surface area contributed by atoms with E-state index in [1.54, 1.807) is 48.4 Å². The van der Waals surface area contributed by atoms with Crippen LogP contribution >= 0.6 is 0 Å². The van der Waals surface area contributed by atoms with Crippen LogP contribution in [0.3, 0.4) is 0 Å². The minimum Gasteiger partial charge on any atom is -0.485 e. The van der Waals surface area contributed by atoms with E-state index >= 15 is 0 Å². The monoisotopic (exact) mass is 564 g/mol. The SMILES string of the molecule is Cc1nc2c(OCc3c(F)ccc(F)c3F)cccn2c1-c1nc2c(c(C(=O)N3CCCCC3)n1)C(C)(C)C(=O)N2. The first-order valence-electron chi connectivity index (χ1n) is 13.3. The smallest absolute Gasteiger partial charge is 0.273 e. The molecular weight excluding hydrogens is 537 g/mol. The van der Waals surface area contributed by atoms with Gasteiger partial charge in [-0.1, -0.05) is 0 Å². The number of ether oxygens (including phenoxy) is 1. The van der Waals surface area contributed by atoms with Crippen molar-refractivity contribution in [2.75, 3.05) is 18.4 Å². The number of aryl methyl sites for hydroxylation is 1. The van der Waals surface area contributed by atoms with Gasteiger partial charge in [0.15, 0.2) is 28.9 Å². The molecule has 3 aromatic heterocycles. The minimum atomic E-state index is -1.32. The Labute approximate surface area is 233 Å². The van der Waals surface area contributed by atoms with Gasteiger partial charge in [0, 0.05) is 24.8 Å². The minimum absolute atomic E-state index is 0.161. The fourth-order valence-corrected chi connectivity index (χ4v) is 5.42. The second-order valence-corrected chi connectivity index (χ2v) is 10.8. The lowest BCUT2D eigenvalue weighted by Crippen LogP contribution is -2.38. The molecule has 0 saturated carbocycles. The number of carbonyl (C=O) groups excluding carboxylic acids is 2. The van der Waals surface area contributed by atoms with Gasteiger partial charge in [-0.05, 0) is 64.3 Å². The Balaban J connectivity index is 1.44. The van der Waals surface area contributed by atoms with Gasteiger partial charge in [0.2, 0.25) is 5.91 Å². The largest absolute Gasteiger partial charge is 0.485 e. The van der Waals surface area contributed by atoms with Crippen LogP contribution in [0.1, 0.15) is 60.4 Å². The Hall–Kier alpha value is -4.48. The van der Waals surface area contributed by atoms with Gasteiger partial charge in [-0.25, -0.2) is 28.1 Å². The molecule has 1 fully saturated rings. The maximum atomic E-state index is 14.2. The number of benzene rings is 1. The van der Waals surface area contributed by atoms with Crippen molar-refractivity contribution in [1.82, 2.24) is 24.3 Å². The molecule has 4 aromatic rings. The van der Waals surface area contributed by atoms with Crippen LogP contribution in [-0.2, 0) is 16.8 Å². The molecule has 5 heterocycles. The van der Waals surface area contributed by atoms with Crippen molar-refractivity contribution in [2.45, 2.75) is 52.1 Å². The average molecular weight is 565 g/mol. The van der Waals surface area contributed by atoms with E-state index in [4.69, 9.17) is 9.72 Å². The molecule has 0 atom stereocenters. The van der Waals surface area contributed by atoms with Crippen LogP contribution in [-0.4, -0.2) is 49.2 Å². The number of piperidine rings is 1. The Kier molecular flexibility index (Phi) is 6.43. The van der Waals surface area contributed by atoms with Crippen molar-refractivity contribution in [2.24, 2.45) is 0 Å². The summed E-state index contributed by atoms with van der Waals surface area (Å²) in [5.41, 5.74) is 0.301. The zero-order valence-corrected chi connectivity index (χ0v) is 22.7. The van der Waals surface area contributed by atoms with Crippen molar-refractivity contribution in [3.63, 3.8) is 0 Å². The first kappa shape index (κ1) is 26.7. The lowest BCUT2D eigenvalue weighted by Gasteiger charge is -2.28. The number of anilines is 1. The van der Waals surface area contributed by atoms with Crippen molar-refractivity contribution < 1.29 is 27.5 Å². The maximum Gasteiger partial charge on any atom is 0.273 e. The zero-order chi connectivity index (χ0) is 29.1. The standard InChI is InChI=1S/C29H27F3N6O3/c1-15-23(38-13-7-8-19(26(38)33-15)41-14-16-17(30)9-10-18(31)21(16)32)25-34-22(27(39)37-11-5-4-6-12-37)20-24(35-25)36-28(40)29(20,2)3/h7-10,13H,4-6,11-12,14H2,1-3H3,(H,34,35,36,40). The van der Waals surface area contributed by atoms with E-state index in [1.807, 2.05) is 0 Å². The molecule has 2 aliphatic heterocycles. The normalized spacial score (nSPS) is 16.1. The van der Waals surface area contributed by atoms with Crippen LogP contribution in [0.2, 0.25) is 0 Å². The summed E-state index contributed by atoms with van der Waals surface area (Å²) in [5, 5.41) is 2.80. The molecule has 0 bridgehead atoms. The van der Waals surface area contributed by atoms with Gasteiger partial charge in [-0.2, -0.15) is 0 Å². The molecule has 0 unspecified atom stereocenters. The zero-order valence-electron chi connectivity index (χ0n) is 22.7. The third kappa shape index (κ3) is 4.37. The molecule has 2 amide bonds. The second kappa shape index (κ2) is 9.86. The summed E-state index contributed by atoms with van der Waals surface area (Å²) in [6, 6.07) is 4.76. The van der Waals surface area contributed by atoms with E-state index in [-0.39, 0.29) is 34.9 Å². The summed E-state index contributed by atoms with van der Waals surface area (Å²) in [5.74, 6) is -3.35. The van der Waals surface area contributed by atoms with E-state index in [1.165, 1.54) is 0 Å². The summed E-state index contributed by atoms with van der Waals surface area (Å²) in [6.45, 7) is 5.84. The molecule has 2 aliphatic rings. The van der Waals surface area contributed by atoms with Crippen LogP contribution in [0, 0.1) is 24.4 Å². The predicted octanol–water partition coefficient (Wildman–Crippen LogP) is 4.95. The molecule has 0 spiro atoms. The van der Waals surface area contributed by atoms with Crippen LogP contribution in [0.15, 0.2) is 30.5 Å². The fraction of sp³-hybridized carbons (Fsp3) is 0.345. The molecule has 12 heteroatoms. The molecule has 0 radical (unpaired) electrons. The van der Waals surface area contributed by atoms with E-state index in [0.717, 1.165) is 25.3 Å². The molecule has 212 valence electrons. The topological polar surface area (TPSA) is 102 Å². The number of halogens is 3. The Morgan fingerprint density at radius 1 is 1.05 bits per heavy atom. The molecule has 1 aromatic carbocycles. The number of aromatic nitrogens is 4. The van der Waals surface area contributed by atoms with Crippen LogP contribution in [0.25, 0.3) is 17.2 Å². The van der Waals surface area contributed by atoms with Crippen LogP contribution < -0.4 is 10.1 Å². The first-order chi connectivity index (χ1) is 19.6. The Morgan fingerprint density at radius 2 is 1.78 bits per heavy atom. The van der Waals surface area contributed by atoms with Crippen molar-refractivity contribution in [1.29, 1.82) is 0 Å². The Bertz CT molecular complexity index is 1730. The highest BCUT2D eigenvalue weighted by Gasteiger charge is 2.45. The van der Waals surface area contributed by atoms with E-state index in [0.29, 0.717) is 41.8 Å². The van der Waals surface area contributed by atoms with Gasteiger partial charge in [-0.15, -0.1) is 0 Å². The predicted molar refractivity (Wildman–Crippen MR) is 143 cm³/mol. The summed E-state index contributed by atoms with van der Waals surface area (Å²) in [6.07, 6.45) is 4.52. The molecule has 0 aliphatic carbocycles. The molecule has 41 heavy (non-hydrogen) atoms. The number of fused-ring (bicyclic) bond motifs is 2. The second-order valence-electron chi connectivity index (χ2n) is 10.8. The number of carbonyl (C=O) groups is 2. The molecule has 1 saturated heterocycles. The van der Waals surface area contributed by atoms with Gasteiger partial charge < -0.3 is 15.0 Å². The van der Waals surface area contributed by atoms with Gasteiger partial charge in [-0.3, -0.25) is 14.0 Å². The highest BCUT2D eigenvalue weighted by atomic mass is 19.2. The lowest BCUT2D eigenvalue weighted by molar-refractivity contribution is -0.119. The number of rotatable bonds is 5. The Morgan fingerprint density at radius 3 is 2.54 bits per heavy atom. The molecule has 1 N–H and O–H groups in total. The molecular formula is C29H27F3N6O3. The van der Waals surface area contributed by atoms with Crippen molar-refractivity contribution in [3.8, 4) is 17.3 Å². The summed E-state index contributed by atoms with van der Waals surface area (Å²) >= 11 is 0. The number of nitrogens with one attached hydrogen (secondary N) is 1. The van der Waals surface area contributed by atoms with Crippen molar-refractivity contribution in [3.05, 3.63) is 70.4 Å². The molecule has 6 rings (SSSR count). The lowest BCUT2D eigenvalue weighted by atomic mass is 9.85. The van der Waals surface area contributed by atoms with E-state index in [2.05, 4.69) is 15.3 Å². The average Bonchev–Trinajstić information content (AvgIpc) is 3.42. The van der Waals surface area contributed by atoms with Crippen LogP contribution in [0.4, 0.5) is 19.0 Å². The number of imidazole rings is 1. The number of likely N-dealkylation sites (tertiary alicyclic amines) is 1. The van der Waals surface area contributed by atoms with Crippen molar-refractivity contribution >= 4 is 23.3 Å². The first-order valence-corrected chi connectivity index (χ1v) is 13.3. The fourth-order valence-electron chi connectivity index (χ4n) is 5.42. The number of amides is 2. The third-order valence-electron chi connectivity index (χ3n) is 7.69. The van der Waals surface area contributed by atoms with E-state index in [9.17, 15) is 22.8 Å². The number of nitrogens with zero attached hydrogens (tertiary/aromatic N) is 5. The maximum absolute atomic E-state index is 14.2. The van der Waals surface area contributed by atoms with Gasteiger partial charge in [0.05, 0.1) is 16.7 Å². The van der Waals surface area contributed by atoms with Crippen LogP contribution in [0.5, 0.6) is 5.75 Å². The third-order valence-corrected chi connectivity index (χ3v) is 7.69. The highest BCUT2D eigenvalue weighted by molar-refractivity contribution is 6.09. The molecule has 9 nitrogen and oxygen atoms in total. The van der Waals surface area contributed by atoms with Gasteiger partial charge in [0.1, 0.15) is 29.6 Å². The summed E-state index contributed by atoms with van der Waals surface area (Å²) < 4.78 is 49.4. The summed E-state index contributed by atoms with van der Waals surface area (Å²) in [7, 11) is 0. The quantitative estimate of drug-likeness (QED) is 0.344. The van der Waals surface area contributed by atoms with Gasteiger partial charge in [0.25, 0.3) is 5.91 Å². The highest BCUT2D eigenvalue weighted by Crippen LogP contribution is 2.40. The number of hydrogen-bond acceptors (Lipinski definition) is 6. The number of pyridine rings is 1. The van der Waals surface area contributed by atoms with E-state index < -0.39 is 35.0 Å². The number of hydrogen-bond donors (Lipinski definition) is 1. The van der Waals surface area contributed by atoms with Gasteiger partial charge >= 0.3 is 0 Å². The summed E-state index contributed by atoms with van der Waals surface area (Å²) in [4.78, 5) is 42.3.